The molecule has 5 aliphatic rings. The second kappa shape index (κ2) is 11.8. The molecule has 3 saturated heterocycles. The Labute approximate surface area is 210 Å². The van der Waals surface area contributed by atoms with Crippen molar-refractivity contribution in [1.29, 1.82) is 0 Å². The maximum Gasteiger partial charge on any atom is 0.369 e. The summed E-state index contributed by atoms with van der Waals surface area (Å²) in [6.07, 6.45) is 20.5. The van der Waals surface area contributed by atoms with Crippen LogP contribution in [0.3, 0.4) is 0 Å². The minimum absolute atomic E-state index is 0.0935. The molecule has 8 nitrogen and oxygen atoms in total. The van der Waals surface area contributed by atoms with Crippen LogP contribution in [0.4, 0.5) is 0 Å². The van der Waals surface area contributed by atoms with Gasteiger partial charge in [-0.05, 0) is 90.6 Å². The Balaban J connectivity index is 1.44. The normalized spacial score (nSPS) is 32.8. The highest BCUT2D eigenvalue weighted by Gasteiger charge is 2.43. The van der Waals surface area contributed by atoms with Gasteiger partial charge in [-0.15, -0.1) is 5.10 Å². The molecule has 0 aromatic carbocycles. The minimum Gasteiger partial charge on any atom is -0.300 e. The van der Waals surface area contributed by atoms with Gasteiger partial charge in [-0.1, -0.05) is 19.3 Å². The van der Waals surface area contributed by atoms with E-state index in [4.69, 9.17) is 5.10 Å². The van der Waals surface area contributed by atoms with Crippen molar-refractivity contribution >= 4 is 11.4 Å². The number of likely N-dealkylation sites (tertiary alicyclic amines) is 3. The van der Waals surface area contributed by atoms with E-state index >= 15 is 0 Å². The summed E-state index contributed by atoms with van der Waals surface area (Å²) in [7, 11) is 0. The molecule has 8 heteroatoms. The molecule has 3 aliphatic heterocycles. The molecule has 1 saturated carbocycles. The lowest BCUT2D eigenvalue weighted by Gasteiger charge is -2.49. The van der Waals surface area contributed by atoms with Crippen LogP contribution in [0, 0.1) is 16.5 Å². The van der Waals surface area contributed by atoms with Crippen LogP contribution in [-0.4, -0.2) is 88.4 Å². The van der Waals surface area contributed by atoms with E-state index in [-0.39, 0.29) is 10.6 Å². The van der Waals surface area contributed by atoms with Gasteiger partial charge >= 0.3 is 5.70 Å². The largest absolute Gasteiger partial charge is 0.369 e. The van der Waals surface area contributed by atoms with Crippen molar-refractivity contribution in [2.24, 2.45) is 10.2 Å². The fourth-order valence-electron chi connectivity index (χ4n) is 6.68. The number of rotatable bonds is 5. The van der Waals surface area contributed by atoms with Gasteiger partial charge in [0.2, 0.25) is 0 Å². The van der Waals surface area contributed by atoms with Gasteiger partial charge in [0.15, 0.2) is 5.71 Å². The molecular weight excluding hydrogens is 440 g/mol. The van der Waals surface area contributed by atoms with E-state index in [0.717, 1.165) is 39.0 Å². The summed E-state index contributed by atoms with van der Waals surface area (Å²) in [5, 5.41) is 20.7. The SMILES string of the molecule is O=[N+]([O-])C1=C[CH+]/C(=N/N=C2C(N3CCCCC3)CC(N3CCCCC3)CC2N2CCCCC2)C=C1. The van der Waals surface area contributed by atoms with E-state index in [1.54, 1.807) is 12.5 Å². The number of allylic oxidation sites excluding steroid dienone is 3. The number of nitro groups is 1. The van der Waals surface area contributed by atoms with Crippen LogP contribution < -0.4 is 0 Å². The first-order chi connectivity index (χ1) is 17.2. The second-order valence-electron chi connectivity index (χ2n) is 10.8. The molecule has 5 rings (SSSR count). The van der Waals surface area contributed by atoms with Gasteiger partial charge in [0.05, 0.1) is 30.3 Å². The summed E-state index contributed by atoms with van der Waals surface area (Å²) in [6.45, 7) is 7.09. The van der Waals surface area contributed by atoms with Crippen molar-refractivity contribution in [3.63, 3.8) is 0 Å². The van der Waals surface area contributed by atoms with Gasteiger partial charge in [0.1, 0.15) is 17.1 Å². The monoisotopic (exact) mass is 481 g/mol. The van der Waals surface area contributed by atoms with Gasteiger partial charge < -0.3 is 4.90 Å². The fourth-order valence-corrected chi connectivity index (χ4v) is 6.68. The highest BCUT2D eigenvalue weighted by Crippen LogP contribution is 2.33. The van der Waals surface area contributed by atoms with Crippen molar-refractivity contribution in [3.05, 3.63) is 40.5 Å². The van der Waals surface area contributed by atoms with Crippen molar-refractivity contribution in [1.82, 2.24) is 14.7 Å². The number of hydrogen-bond donors (Lipinski definition) is 0. The summed E-state index contributed by atoms with van der Waals surface area (Å²) in [4.78, 5) is 18.9. The summed E-state index contributed by atoms with van der Waals surface area (Å²) >= 11 is 0. The molecule has 0 spiro atoms. The predicted octanol–water partition coefficient (Wildman–Crippen LogP) is 4.08. The zero-order valence-electron chi connectivity index (χ0n) is 21.1. The van der Waals surface area contributed by atoms with Crippen LogP contribution in [0.5, 0.6) is 0 Å². The van der Waals surface area contributed by atoms with Gasteiger partial charge in [-0.25, -0.2) is 10.1 Å². The van der Waals surface area contributed by atoms with Crippen LogP contribution in [0.25, 0.3) is 0 Å². The van der Waals surface area contributed by atoms with Crippen LogP contribution in [0.2, 0.25) is 0 Å². The lowest BCUT2D eigenvalue weighted by Crippen LogP contribution is -2.61. The first-order valence-corrected chi connectivity index (χ1v) is 13.9. The van der Waals surface area contributed by atoms with Crippen molar-refractivity contribution in [2.75, 3.05) is 39.3 Å². The molecule has 0 aromatic rings. The smallest absolute Gasteiger partial charge is 0.300 e. The average molecular weight is 482 g/mol. The van der Waals surface area contributed by atoms with Crippen LogP contribution in [-0.2, 0) is 0 Å². The Kier molecular flexibility index (Phi) is 8.31. The molecule has 2 aliphatic carbocycles. The first-order valence-electron chi connectivity index (χ1n) is 13.9. The van der Waals surface area contributed by atoms with Crippen molar-refractivity contribution in [2.45, 2.75) is 88.8 Å². The van der Waals surface area contributed by atoms with E-state index < -0.39 is 0 Å². The zero-order chi connectivity index (χ0) is 24.0. The van der Waals surface area contributed by atoms with Crippen LogP contribution in [0.1, 0.15) is 70.6 Å². The van der Waals surface area contributed by atoms with E-state index in [9.17, 15) is 10.1 Å². The molecule has 0 bridgehead atoms. The van der Waals surface area contributed by atoms with Gasteiger partial charge in [0, 0.05) is 6.04 Å². The Bertz CT molecular complexity index is 833. The molecule has 35 heavy (non-hydrogen) atoms. The molecule has 0 N–H and O–H groups in total. The Morgan fingerprint density at radius 3 is 1.71 bits per heavy atom. The van der Waals surface area contributed by atoms with E-state index in [1.807, 2.05) is 0 Å². The fraction of sp³-hybridized carbons (Fsp3) is 0.741. The molecule has 4 fully saturated rings. The summed E-state index contributed by atoms with van der Waals surface area (Å²) in [5.41, 5.74) is 2.02. The molecule has 0 radical (unpaired) electrons. The highest BCUT2D eigenvalue weighted by atomic mass is 16.6. The molecular formula is C27H41N6O2+. The topological polar surface area (TPSA) is 77.6 Å². The van der Waals surface area contributed by atoms with Gasteiger partial charge in [-0.2, -0.15) is 5.10 Å². The minimum atomic E-state index is -0.365. The number of nitrogens with zero attached hydrogens (tertiary/aromatic N) is 6. The molecule has 3 heterocycles. The molecule has 0 amide bonds. The quantitative estimate of drug-likeness (QED) is 0.336. The molecule has 2 atom stereocenters. The van der Waals surface area contributed by atoms with E-state index in [0.29, 0.717) is 23.8 Å². The summed E-state index contributed by atoms with van der Waals surface area (Å²) in [6, 6.07) is 1.29. The molecule has 2 unspecified atom stereocenters. The lowest BCUT2D eigenvalue weighted by atomic mass is 9.81. The van der Waals surface area contributed by atoms with Crippen LogP contribution in [0.15, 0.2) is 34.1 Å². The Morgan fingerprint density at radius 2 is 1.26 bits per heavy atom. The van der Waals surface area contributed by atoms with Gasteiger partial charge in [-0.3, -0.25) is 9.80 Å². The van der Waals surface area contributed by atoms with Crippen molar-refractivity contribution < 1.29 is 4.92 Å². The number of hydrogen-bond acceptors (Lipinski definition) is 7. The van der Waals surface area contributed by atoms with Crippen LogP contribution >= 0.6 is 0 Å². The highest BCUT2D eigenvalue weighted by molar-refractivity contribution is 6.05. The third-order valence-corrected chi connectivity index (χ3v) is 8.58. The Morgan fingerprint density at radius 1 is 0.743 bits per heavy atom. The summed E-state index contributed by atoms with van der Waals surface area (Å²) in [5.74, 6) is 0. The molecule has 190 valence electrons. The third kappa shape index (κ3) is 6.04. The average Bonchev–Trinajstić information content (AvgIpc) is 2.93. The standard InChI is InChI=1S/C27H41N6O2/c34-33(35)23-12-10-22(11-13-23)28-29-27-25(31-16-6-2-7-17-31)20-24(30-14-4-1-5-15-30)21-26(27)32-18-8-3-9-19-32/h10-13,24-26H,1-9,14-21H2/q+1. The first kappa shape index (κ1) is 24.7. The lowest BCUT2D eigenvalue weighted by molar-refractivity contribution is -0.419. The predicted molar refractivity (Wildman–Crippen MR) is 140 cm³/mol. The second-order valence-corrected chi connectivity index (χ2v) is 10.8. The maximum absolute atomic E-state index is 11.0. The zero-order valence-corrected chi connectivity index (χ0v) is 21.1. The number of piperidine rings is 3. The van der Waals surface area contributed by atoms with Crippen molar-refractivity contribution in [3.8, 4) is 0 Å². The maximum atomic E-state index is 11.0. The van der Waals surface area contributed by atoms with E-state index in [2.05, 4.69) is 19.8 Å². The molecule has 0 aromatic heterocycles. The Hall–Kier alpha value is -2.03. The van der Waals surface area contributed by atoms with Gasteiger partial charge in [0.25, 0.3) is 0 Å². The third-order valence-electron chi connectivity index (χ3n) is 8.58. The summed E-state index contributed by atoms with van der Waals surface area (Å²) < 4.78 is 0. The van der Waals surface area contributed by atoms with E-state index in [1.165, 1.54) is 88.7 Å².